The van der Waals surface area contributed by atoms with Crippen molar-refractivity contribution in [1.82, 2.24) is 5.16 Å². The molecule has 2 aromatic carbocycles. The molecular weight excluding hydrogens is 358 g/mol. The summed E-state index contributed by atoms with van der Waals surface area (Å²) in [7, 11) is 1.81. The Morgan fingerprint density at radius 1 is 1.29 bits per heavy atom. The van der Waals surface area contributed by atoms with Crippen molar-refractivity contribution in [2.45, 2.75) is 18.9 Å². The van der Waals surface area contributed by atoms with E-state index in [-0.39, 0.29) is 12.3 Å². The van der Waals surface area contributed by atoms with Crippen LogP contribution in [-0.2, 0) is 11.4 Å². The summed E-state index contributed by atoms with van der Waals surface area (Å²) in [6, 6.07) is 14.7. The van der Waals surface area contributed by atoms with Gasteiger partial charge < -0.3 is 25.1 Å². The second-order valence-corrected chi connectivity index (χ2v) is 6.25. The molecule has 0 aliphatic heterocycles. The zero-order valence-electron chi connectivity index (χ0n) is 15.4. The summed E-state index contributed by atoms with van der Waals surface area (Å²) < 4.78 is 10.7. The van der Waals surface area contributed by atoms with Crippen LogP contribution in [0.15, 0.2) is 59.3 Å². The molecule has 0 aliphatic rings. The lowest BCUT2D eigenvalue weighted by Crippen LogP contribution is -2.08. The van der Waals surface area contributed by atoms with Crippen molar-refractivity contribution >= 4 is 17.9 Å². The second-order valence-electron chi connectivity index (χ2n) is 6.25. The highest BCUT2D eigenvalue weighted by atomic mass is 16.5. The van der Waals surface area contributed by atoms with E-state index in [9.17, 15) is 9.90 Å². The average molecular weight is 379 g/mol. The van der Waals surface area contributed by atoms with Crippen molar-refractivity contribution in [3.8, 4) is 5.75 Å². The van der Waals surface area contributed by atoms with Crippen molar-refractivity contribution in [2.75, 3.05) is 12.4 Å². The number of carboxylic acids is 1. The van der Waals surface area contributed by atoms with E-state index < -0.39 is 5.97 Å². The first-order valence-electron chi connectivity index (χ1n) is 8.76. The van der Waals surface area contributed by atoms with Gasteiger partial charge in [0.1, 0.15) is 18.6 Å². The Kier molecular flexibility index (Phi) is 6.06. The van der Waals surface area contributed by atoms with Crippen LogP contribution in [0.3, 0.4) is 0 Å². The van der Waals surface area contributed by atoms with E-state index in [1.54, 1.807) is 6.07 Å². The van der Waals surface area contributed by atoms with Crippen LogP contribution in [0.2, 0.25) is 0 Å². The van der Waals surface area contributed by atoms with Gasteiger partial charge in [0, 0.05) is 36.5 Å². The molecular formula is C21H21N3O4. The predicted molar refractivity (Wildman–Crippen MR) is 105 cm³/mol. The van der Waals surface area contributed by atoms with Gasteiger partial charge in [-0.1, -0.05) is 29.4 Å². The van der Waals surface area contributed by atoms with Crippen molar-refractivity contribution in [3.63, 3.8) is 0 Å². The number of hydrogen-bond donors (Lipinski definition) is 3. The zero-order chi connectivity index (χ0) is 19.9. The smallest absolute Gasteiger partial charge is 0.304 e. The summed E-state index contributed by atoms with van der Waals surface area (Å²) in [5, 5.41) is 23.5. The molecule has 7 nitrogen and oxygen atoms in total. The fourth-order valence-electron chi connectivity index (χ4n) is 2.97. The van der Waals surface area contributed by atoms with E-state index in [4.69, 9.17) is 14.7 Å². The molecule has 0 spiro atoms. The summed E-state index contributed by atoms with van der Waals surface area (Å²) in [6.07, 6.45) is 2.67. The molecule has 0 unspecified atom stereocenters. The Morgan fingerprint density at radius 3 is 2.68 bits per heavy atom. The maximum absolute atomic E-state index is 11.2. The fourth-order valence-corrected chi connectivity index (χ4v) is 2.97. The van der Waals surface area contributed by atoms with Gasteiger partial charge in [0.2, 0.25) is 0 Å². The fraction of sp³-hybridized carbons (Fsp3) is 0.190. The van der Waals surface area contributed by atoms with Gasteiger partial charge in [-0.15, -0.1) is 0 Å². The quantitative estimate of drug-likeness (QED) is 0.487. The van der Waals surface area contributed by atoms with Crippen LogP contribution >= 0.6 is 0 Å². The number of rotatable bonds is 9. The molecule has 0 saturated heterocycles. The number of carbonyl (C=O) groups is 1. The molecule has 1 heterocycles. The van der Waals surface area contributed by atoms with Crippen LogP contribution in [0.1, 0.15) is 34.7 Å². The summed E-state index contributed by atoms with van der Waals surface area (Å²) in [5.74, 6) is -0.598. The van der Waals surface area contributed by atoms with Crippen molar-refractivity contribution in [3.05, 3.63) is 77.2 Å². The minimum absolute atomic E-state index is 0.0705. The maximum Gasteiger partial charge on any atom is 0.304 e. The maximum atomic E-state index is 11.2. The number of aliphatic carboxylic acids is 1. The van der Waals surface area contributed by atoms with Crippen LogP contribution in [0.4, 0.5) is 5.69 Å². The SMILES string of the molecule is CNc1cc(COc2ccc([C@H](CC(=O)O)c3ccon3)cc2)ccc1C=N. The average Bonchev–Trinajstić information content (AvgIpc) is 3.25. The van der Waals surface area contributed by atoms with Gasteiger partial charge in [-0.05, 0) is 29.3 Å². The predicted octanol–water partition coefficient (Wildman–Crippen LogP) is 3.90. The Labute approximate surface area is 162 Å². The normalized spacial score (nSPS) is 11.6. The number of benzene rings is 2. The number of hydrogen-bond acceptors (Lipinski definition) is 6. The second kappa shape index (κ2) is 8.85. The molecule has 3 N–H and O–H groups in total. The Balaban J connectivity index is 1.70. The van der Waals surface area contributed by atoms with Gasteiger partial charge in [0.25, 0.3) is 0 Å². The lowest BCUT2D eigenvalue weighted by atomic mass is 9.92. The van der Waals surface area contributed by atoms with Crippen LogP contribution in [0.25, 0.3) is 0 Å². The highest BCUT2D eigenvalue weighted by Crippen LogP contribution is 2.28. The molecule has 0 saturated carbocycles. The molecule has 144 valence electrons. The molecule has 3 rings (SSSR count). The van der Waals surface area contributed by atoms with Gasteiger partial charge in [0.15, 0.2) is 0 Å². The summed E-state index contributed by atoms with van der Waals surface area (Å²) >= 11 is 0. The van der Waals surface area contributed by atoms with Crippen LogP contribution < -0.4 is 10.1 Å². The summed E-state index contributed by atoms with van der Waals surface area (Å²) in [5.41, 5.74) is 4.08. The monoisotopic (exact) mass is 379 g/mol. The molecule has 0 aliphatic carbocycles. The van der Waals surface area contributed by atoms with E-state index >= 15 is 0 Å². The number of aromatic nitrogens is 1. The molecule has 28 heavy (non-hydrogen) atoms. The van der Waals surface area contributed by atoms with Crippen LogP contribution in [0.5, 0.6) is 5.75 Å². The number of carboxylic acid groups (broad SMARTS) is 1. The molecule has 0 fully saturated rings. The van der Waals surface area contributed by atoms with Gasteiger partial charge in [-0.2, -0.15) is 0 Å². The molecule has 7 heteroatoms. The van der Waals surface area contributed by atoms with Crippen molar-refractivity contribution in [2.24, 2.45) is 0 Å². The minimum atomic E-state index is -0.901. The number of ether oxygens (including phenoxy) is 1. The van der Waals surface area contributed by atoms with Crippen molar-refractivity contribution < 1.29 is 19.2 Å². The third-order valence-electron chi connectivity index (χ3n) is 4.42. The zero-order valence-corrected chi connectivity index (χ0v) is 15.4. The summed E-state index contributed by atoms with van der Waals surface area (Å²) in [6.45, 7) is 0.383. The first-order chi connectivity index (χ1) is 13.6. The highest BCUT2D eigenvalue weighted by Gasteiger charge is 2.20. The first kappa shape index (κ1) is 19.2. The van der Waals surface area contributed by atoms with Gasteiger partial charge >= 0.3 is 5.97 Å². The molecule has 3 aromatic rings. The van der Waals surface area contributed by atoms with E-state index in [1.165, 1.54) is 12.5 Å². The summed E-state index contributed by atoms with van der Waals surface area (Å²) in [4.78, 5) is 11.2. The van der Waals surface area contributed by atoms with Crippen LogP contribution in [-0.4, -0.2) is 29.5 Å². The van der Waals surface area contributed by atoms with E-state index in [2.05, 4.69) is 10.5 Å². The largest absolute Gasteiger partial charge is 0.489 e. The van der Waals surface area contributed by atoms with Crippen LogP contribution in [0, 0.1) is 5.41 Å². The number of nitrogens with zero attached hydrogens (tertiary/aromatic N) is 1. The standard InChI is InChI=1S/C21H21N3O4/c1-23-20-10-14(2-3-16(20)12-22)13-27-17-6-4-15(5-7-17)18(11-21(25)26)19-8-9-28-24-19/h2-10,12,18,22-23H,11,13H2,1H3,(H,25,26)/t18-/m0/s1. The minimum Gasteiger partial charge on any atom is -0.489 e. The topological polar surface area (TPSA) is 108 Å². The van der Waals surface area contributed by atoms with E-state index in [0.717, 1.165) is 22.4 Å². The van der Waals surface area contributed by atoms with E-state index in [0.29, 0.717) is 18.1 Å². The molecule has 1 atom stereocenters. The molecule has 0 radical (unpaired) electrons. The lowest BCUT2D eigenvalue weighted by molar-refractivity contribution is -0.137. The Bertz CT molecular complexity index is 937. The first-order valence-corrected chi connectivity index (χ1v) is 8.76. The van der Waals surface area contributed by atoms with E-state index in [1.807, 2.05) is 49.5 Å². The van der Waals surface area contributed by atoms with Gasteiger partial charge in [-0.25, -0.2) is 0 Å². The third kappa shape index (κ3) is 4.56. The number of anilines is 1. The highest BCUT2D eigenvalue weighted by molar-refractivity contribution is 5.85. The lowest BCUT2D eigenvalue weighted by Gasteiger charge is -2.14. The van der Waals surface area contributed by atoms with Gasteiger partial charge in [0.05, 0.1) is 12.1 Å². The van der Waals surface area contributed by atoms with Crippen molar-refractivity contribution in [1.29, 1.82) is 5.41 Å². The molecule has 0 bridgehead atoms. The third-order valence-corrected chi connectivity index (χ3v) is 4.42. The van der Waals surface area contributed by atoms with Gasteiger partial charge in [-0.3, -0.25) is 4.79 Å². The molecule has 0 amide bonds. The number of nitrogens with one attached hydrogen (secondary N) is 2. The Hall–Kier alpha value is -3.61. The molecule has 1 aromatic heterocycles. The Morgan fingerprint density at radius 2 is 2.07 bits per heavy atom.